The molecule has 6 heteroatoms. The smallest absolute Gasteiger partial charge is 0.157 e. The van der Waals surface area contributed by atoms with Crippen LogP contribution in [0, 0.1) is 11.3 Å². The molecule has 0 bridgehead atoms. The van der Waals surface area contributed by atoms with Crippen LogP contribution in [0.15, 0.2) is 54.6 Å². The average molecular weight is 468 g/mol. The molecule has 0 atom stereocenters. The van der Waals surface area contributed by atoms with Crippen LogP contribution >= 0.6 is 0 Å². The van der Waals surface area contributed by atoms with Crippen LogP contribution in [0.5, 0.6) is 0 Å². The minimum atomic E-state index is 0. The van der Waals surface area contributed by atoms with Crippen LogP contribution in [-0.2, 0) is 11.2 Å². The first-order valence-electron chi connectivity index (χ1n) is 12.3. The van der Waals surface area contributed by atoms with Crippen LogP contribution in [0.25, 0.3) is 16.7 Å². The number of aromatic nitrogens is 2. The number of piperazine rings is 1. The fourth-order valence-corrected chi connectivity index (χ4v) is 5.67. The van der Waals surface area contributed by atoms with Crippen LogP contribution in [0.2, 0.25) is 0 Å². The molecule has 0 aliphatic carbocycles. The van der Waals surface area contributed by atoms with Gasteiger partial charge in [0.25, 0.3) is 0 Å². The Labute approximate surface area is 207 Å². The molecule has 2 aliphatic rings. The highest BCUT2D eigenvalue weighted by Crippen LogP contribution is 2.41. The van der Waals surface area contributed by atoms with Crippen LogP contribution < -0.4 is 10.2 Å². The standard InChI is InChI=1S/C28H29N5O.CH4/c29-19-23-26(21-10-16-34-17-11-21)22(18-20-6-2-1-3-7-20)28(32-14-12-30-13-15-32)33-25-9-5-4-8-24(25)31-27(23)33;/h1-9,21,30H,10-18H2;1H4. The lowest BCUT2D eigenvalue weighted by atomic mass is 9.83. The number of nitrogens with one attached hydrogen (secondary N) is 1. The molecule has 6 rings (SSSR count). The molecule has 6 nitrogen and oxygen atoms in total. The van der Waals surface area contributed by atoms with Gasteiger partial charge in [0, 0.05) is 51.4 Å². The van der Waals surface area contributed by atoms with E-state index < -0.39 is 0 Å². The molecule has 0 unspecified atom stereocenters. The second-order valence-corrected chi connectivity index (χ2v) is 9.25. The molecule has 2 aromatic heterocycles. The van der Waals surface area contributed by atoms with E-state index in [4.69, 9.17) is 9.72 Å². The Hall–Kier alpha value is -3.40. The number of pyridine rings is 1. The molecule has 2 aliphatic heterocycles. The molecule has 2 aromatic carbocycles. The number of fused-ring (bicyclic) bond motifs is 3. The minimum Gasteiger partial charge on any atom is -0.381 e. The fourth-order valence-electron chi connectivity index (χ4n) is 5.67. The van der Waals surface area contributed by atoms with E-state index in [0.29, 0.717) is 5.92 Å². The summed E-state index contributed by atoms with van der Waals surface area (Å²) in [5.41, 5.74) is 7.24. The molecule has 1 N–H and O–H groups in total. The van der Waals surface area contributed by atoms with E-state index in [1.165, 1.54) is 22.5 Å². The number of hydrogen-bond acceptors (Lipinski definition) is 5. The number of hydrogen-bond donors (Lipinski definition) is 1. The summed E-state index contributed by atoms with van der Waals surface area (Å²) in [6.45, 7) is 5.25. The highest BCUT2D eigenvalue weighted by atomic mass is 16.5. The van der Waals surface area contributed by atoms with Crippen LogP contribution in [0.1, 0.15) is 48.4 Å². The summed E-state index contributed by atoms with van der Waals surface area (Å²) in [5, 5.41) is 14.0. The Morgan fingerprint density at radius 1 is 1.00 bits per heavy atom. The molecule has 4 aromatic rings. The normalized spacial score (nSPS) is 16.8. The largest absolute Gasteiger partial charge is 0.381 e. The number of ether oxygens (including phenoxy) is 1. The first-order chi connectivity index (χ1) is 16.8. The van der Waals surface area contributed by atoms with Gasteiger partial charge in [-0.2, -0.15) is 5.26 Å². The lowest BCUT2D eigenvalue weighted by Gasteiger charge is -2.35. The molecule has 0 amide bonds. The zero-order chi connectivity index (χ0) is 22.9. The summed E-state index contributed by atoms with van der Waals surface area (Å²) in [6.07, 6.45) is 2.67. The fraction of sp³-hybridized carbons (Fsp3) is 0.379. The van der Waals surface area contributed by atoms with Gasteiger partial charge in [0.2, 0.25) is 0 Å². The summed E-state index contributed by atoms with van der Waals surface area (Å²) < 4.78 is 7.98. The first kappa shape index (κ1) is 23.3. The van der Waals surface area contributed by atoms with E-state index in [1.54, 1.807) is 0 Å². The van der Waals surface area contributed by atoms with Gasteiger partial charge in [0.1, 0.15) is 11.9 Å². The lowest BCUT2D eigenvalue weighted by Crippen LogP contribution is -2.45. The molecule has 4 heterocycles. The lowest BCUT2D eigenvalue weighted by molar-refractivity contribution is 0.0851. The van der Waals surface area contributed by atoms with Gasteiger partial charge in [0.05, 0.1) is 16.6 Å². The second kappa shape index (κ2) is 10.1. The summed E-state index contributed by atoms with van der Waals surface area (Å²) in [7, 11) is 0. The van der Waals surface area contributed by atoms with Crippen LogP contribution in [0.4, 0.5) is 5.82 Å². The van der Waals surface area contributed by atoms with Crippen molar-refractivity contribution in [2.45, 2.75) is 32.6 Å². The van der Waals surface area contributed by atoms with E-state index in [-0.39, 0.29) is 7.43 Å². The number of anilines is 1. The maximum atomic E-state index is 10.5. The molecule has 0 saturated carbocycles. The van der Waals surface area contributed by atoms with Crippen molar-refractivity contribution in [2.75, 3.05) is 44.3 Å². The van der Waals surface area contributed by atoms with Gasteiger partial charge in [-0.3, -0.25) is 4.40 Å². The number of imidazole rings is 1. The Morgan fingerprint density at radius 3 is 2.46 bits per heavy atom. The molecular formula is C29H33N5O. The highest BCUT2D eigenvalue weighted by molar-refractivity contribution is 5.86. The summed E-state index contributed by atoms with van der Waals surface area (Å²) in [6, 6.07) is 21.5. The summed E-state index contributed by atoms with van der Waals surface area (Å²) >= 11 is 0. The third kappa shape index (κ3) is 4.16. The van der Waals surface area contributed by atoms with Crippen molar-refractivity contribution < 1.29 is 4.74 Å². The SMILES string of the molecule is C.N#Cc1c(C2CCOCC2)c(Cc2ccccc2)c(N2CCNCC2)n2c1nc1ccccc12. The molecule has 180 valence electrons. The van der Waals surface area contributed by atoms with Gasteiger partial charge >= 0.3 is 0 Å². The van der Waals surface area contributed by atoms with Gasteiger partial charge in [-0.05, 0) is 42.0 Å². The van der Waals surface area contributed by atoms with Crippen molar-refractivity contribution in [2.24, 2.45) is 0 Å². The number of benzene rings is 2. The monoisotopic (exact) mass is 467 g/mol. The molecule has 2 saturated heterocycles. The van der Waals surface area contributed by atoms with Gasteiger partial charge in [-0.15, -0.1) is 0 Å². The average Bonchev–Trinajstić information content (AvgIpc) is 3.29. The third-order valence-electron chi connectivity index (χ3n) is 7.24. The third-order valence-corrected chi connectivity index (χ3v) is 7.24. The van der Waals surface area contributed by atoms with Gasteiger partial charge in [-0.1, -0.05) is 49.9 Å². The maximum Gasteiger partial charge on any atom is 0.157 e. The highest BCUT2D eigenvalue weighted by Gasteiger charge is 2.31. The molecule has 0 radical (unpaired) electrons. The van der Waals surface area contributed by atoms with Gasteiger partial charge in [0.15, 0.2) is 5.65 Å². The molecule has 2 fully saturated rings. The Bertz CT molecular complexity index is 1360. The van der Waals surface area contributed by atoms with E-state index in [0.717, 1.165) is 80.9 Å². The van der Waals surface area contributed by atoms with Gasteiger partial charge in [-0.25, -0.2) is 4.98 Å². The summed E-state index contributed by atoms with van der Waals surface area (Å²) in [4.78, 5) is 7.51. The quantitative estimate of drug-likeness (QED) is 0.463. The molecular weight excluding hydrogens is 434 g/mol. The van der Waals surface area contributed by atoms with Crippen molar-refractivity contribution in [3.05, 3.63) is 76.9 Å². The minimum absolute atomic E-state index is 0. The number of nitriles is 1. The second-order valence-electron chi connectivity index (χ2n) is 9.25. The van der Waals surface area contributed by atoms with Crippen molar-refractivity contribution in [1.82, 2.24) is 14.7 Å². The van der Waals surface area contributed by atoms with Crippen LogP contribution in [-0.4, -0.2) is 48.8 Å². The topological polar surface area (TPSA) is 65.6 Å². The van der Waals surface area contributed by atoms with Crippen molar-refractivity contribution in [3.8, 4) is 6.07 Å². The zero-order valence-electron chi connectivity index (χ0n) is 19.3. The number of nitrogens with zero attached hydrogens (tertiary/aromatic N) is 4. The predicted octanol–water partition coefficient (Wildman–Crippen LogP) is 4.89. The molecule has 0 spiro atoms. The summed E-state index contributed by atoms with van der Waals surface area (Å²) in [5.74, 6) is 1.50. The molecule has 35 heavy (non-hydrogen) atoms. The van der Waals surface area contributed by atoms with Crippen molar-refractivity contribution in [3.63, 3.8) is 0 Å². The van der Waals surface area contributed by atoms with Crippen molar-refractivity contribution in [1.29, 1.82) is 5.26 Å². The Balaban J connectivity index is 0.00000253. The zero-order valence-corrected chi connectivity index (χ0v) is 19.3. The Kier molecular flexibility index (Phi) is 6.72. The predicted molar refractivity (Wildman–Crippen MR) is 141 cm³/mol. The van der Waals surface area contributed by atoms with E-state index in [2.05, 4.69) is 69.2 Å². The van der Waals surface area contributed by atoms with E-state index >= 15 is 0 Å². The van der Waals surface area contributed by atoms with Crippen LogP contribution in [0.3, 0.4) is 0 Å². The van der Waals surface area contributed by atoms with E-state index in [9.17, 15) is 5.26 Å². The maximum absolute atomic E-state index is 10.5. The first-order valence-corrected chi connectivity index (χ1v) is 12.3. The van der Waals surface area contributed by atoms with Crippen molar-refractivity contribution >= 4 is 22.5 Å². The Morgan fingerprint density at radius 2 is 1.71 bits per heavy atom. The van der Waals surface area contributed by atoms with E-state index in [1.807, 2.05) is 6.07 Å². The number of rotatable bonds is 4. The van der Waals surface area contributed by atoms with Gasteiger partial charge < -0.3 is 15.0 Å². The number of para-hydroxylation sites is 2.